The zero-order valence-corrected chi connectivity index (χ0v) is 17.7. The molecule has 2 aromatic rings. The molecule has 1 saturated heterocycles. The van der Waals surface area contributed by atoms with E-state index >= 15 is 0 Å². The smallest absolute Gasteiger partial charge is 0.203 e. The van der Waals surface area contributed by atoms with E-state index in [1.54, 1.807) is 40.6 Å². The number of nitrogens with zero attached hydrogens (tertiary/aromatic N) is 3. The number of hydrogen-bond acceptors (Lipinski definition) is 6. The second kappa shape index (κ2) is 10.00. The molecule has 1 aliphatic rings. The molecule has 162 valence electrons. The van der Waals surface area contributed by atoms with Gasteiger partial charge in [-0.3, -0.25) is 4.99 Å². The number of aliphatic imine (C=N–C) groups is 1. The lowest BCUT2D eigenvalue weighted by Crippen LogP contribution is -2.44. The SMILES string of the molecule is CN=C(NCc1ccc(OC)c(OC)c1OC)NC1CCN(c2ncccc2F)C1. The van der Waals surface area contributed by atoms with Crippen LogP contribution in [0.2, 0.25) is 0 Å². The van der Waals surface area contributed by atoms with Crippen molar-refractivity contribution in [3.05, 3.63) is 41.8 Å². The number of pyridine rings is 1. The Bertz CT molecular complexity index is 893. The van der Waals surface area contributed by atoms with Gasteiger partial charge in [-0.25, -0.2) is 9.37 Å². The highest BCUT2D eigenvalue weighted by atomic mass is 19.1. The molecule has 0 aliphatic carbocycles. The van der Waals surface area contributed by atoms with Crippen molar-refractivity contribution in [1.82, 2.24) is 15.6 Å². The van der Waals surface area contributed by atoms with Crippen LogP contribution < -0.4 is 29.7 Å². The number of hydrogen-bond donors (Lipinski definition) is 2. The lowest BCUT2D eigenvalue weighted by Gasteiger charge is -2.20. The Labute approximate surface area is 176 Å². The van der Waals surface area contributed by atoms with Gasteiger partial charge in [-0.15, -0.1) is 0 Å². The summed E-state index contributed by atoms with van der Waals surface area (Å²) in [6.45, 7) is 1.86. The first kappa shape index (κ1) is 21.5. The summed E-state index contributed by atoms with van der Waals surface area (Å²) in [5.41, 5.74) is 0.904. The molecule has 30 heavy (non-hydrogen) atoms. The van der Waals surface area contributed by atoms with Gasteiger partial charge in [0.05, 0.1) is 21.3 Å². The molecule has 0 spiro atoms. The molecule has 0 radical (unpaired) electrons. The largest absolute Gasteiger partial charge is 0.493 e. The molecule has 9 heteroatoms. The van der Waals surface area contributed by atoms with Crippen molar-refractivity contribution in [3.8, 4) is 17.2 Å². The molecule has 1 atom stereocenters. The minimum Gasteiger partial charge on any atom is -0.493 e. The summed E-state index contributed by atoms with van der Waals surface area (Å²) in [6.07, 6.45) is 2.46. The third-order valence-corrected chi connectivity index (χ3v) is 5.02. The minimum atomic E-state index is -0.304. The van der Waals surface area contributed by atoms with Crippen molar-refractivity contribution in [2.24, 2.45) is 4.99 Å². The second-order valence-corrected chi connectivity index (χ2v) is 6.80. The fourth-order valence-corrected chi connectivity index (χ4v) is 3.55. The van der Waals surface area contributed by atoms with Gasteiger partial charge in [-0.2, -0.15) is 0 Å². The number of rotatable bonds is 7. The number of aromatic nitrogens is 1. The van der Waals surface area contributed by atoms with Gasteiger partial charge in [0.25, 0.3) is 0 Å². The molecule has 1 aromatic heterocycles. The molecule has 0 saturated carbocycles. The first-order valence-corrected chi connectivity index (χ1v) is 9.71. The van der Waals surface area contributed by atoms with E-state index in [1.807, 2.05) is 17.0 Å². The molecular weight excluding hydrogens is 389 g/mol. The third-order valence-electron chi connectivity index (χ3n) is 5.02. The third kappa shape index (κ3) is 4.67. The van der Waals surface area contributed by atoms with Crippen molar-refractivity contribution in [3.63, 3.8) is 0 Å². The summed E-state index contributed by atoms with van der Waals surface area (Å²) in [5.74, 6) is 2.50. The average molecular weight is 417 g/mol. The van der Waals surface area contributed by atoms with E-state index in [9.17, 15) is 4.39 Å². The quantitative estimate of drug-likeness (QED) is 0.528. The Hall–Kier alpha value is -3.23. The van der Waals surface area contributed by atoms with Gasteiger partial charge in [-0.05, 0) is 30.7 Å². The highest BCUT2D eigenvalue weighted by molar-refractivity contribution is 5.80. The first-order chi connectivity index (χ1) is 14.6. The predicted octanol–water partition coefficient (Wildman–Crippen LogP) is 2.19. The summed E-state index contributed by atoms with van der Waals surface area (Å²) < 4.78 is 30.3. The van der Waals surface area contributed by atoms with Gasteiger partial charge in [0.1, 0.15) is 0 Å². The monoisotopic (exact) mass is 417 g/mol. The van der Waals surface area contributed by atoms with Crippen LogP contribution in [-0.2, 0) is 6.54 Å². The Morgan fingerprint density at radius 2 is 2.00 bits per heavy atom. The summed E-state index contributed by atoms with van der Waals surface area (Å²) in [5, 5.41) is 6.69. The molecule has 0 amide bonds. The van der Waals surface area contributed by atoms with Gasteiger partial charge < -0.3 is 29.7 Å². The van der Waals surface area contributed by atoms with Crippen molar-refractivity contribution >= 4 is 11.8 Å². The van der Waals surface area contributed by atoms with Crippen molar-refractivity contribution < 1.29 is 18.6 Å². The fraction of sp³-hybridized carbons (Fsp3) is 0.429. The van der Waals surface area contributed by atoms with Crippen LogP contribution in [0.3, 0.4) is 0 Å². The van der Waals surface area contributed by atoms with E-state index < -0.39 is 0 Å². The molecule has 1 aromatic carbocycles. The molecular formula is C21H28FN5O3. The van der Waals surface area contributed by atoms with Crippen LogP contribution in [0.1, 0.15) is 12.0 Å². The van der Waals surface area contributed by atoms with Gasteiger partial charge in [0.15, 0.2) is 29.1 Å². The van der Waals surface area contributed by atoms with E-state index in [2.05, 4.69) is 20.6 Å². The Kier molecular flexibility index (Phi) is 7.16. The summed E-state index contributed by atoms with van der Waals surface area (Å²) in [7, 11) is 6.47. The van der Waals surface area contributed by atoms with Gasteiger partial charge in [0, 0.05) is 44.5 Å². The zero-order valence-electron chi connectivity index (χ0n) is 17.7. The van der Waals surface area contributed by atoms with Crippen LogP contribution in [-0.4, -0.2) is 58.5 Å². The van der Waals surface area contributed by atoms with Crippen molar-refractivity contribution in [1.29, 1.82) is 0 Å². The summed E-state index contributed by atoms with van der Waals surface area (Å²) in [6, 6.07) is 6.91. The summed E-state index contributed by atoms with van der Waals surface area (Å²) in [4.78, 5) is 10.4. The molecule has 0 bridgehead atoms. The average Bonchev–Trinajstić information content (AvgIpc) is 3.24. The number of halogens is 1. The number of methoxy groups -OCH3 is 3. The maximum atomic E-state index is 14.0. The van der Waals surface area contributed by atoms with Gasteiger partial charge in [-0.1, -0.05) is 0 Å². The molecule has 2 N–H and O–H groups in total. The zero-order chi connectivity index (χ0) is 21.5. The molecule has 3 rings (SSSR count). The molecule has 1 fully saturated rings. The molecule has 1 unspecified atom stereocenters. The second-order valence-electron chi connectivity index (χ2n) is 6.80. The Morgan fingerprint density at radius 1 is 1.20 bits per heavy atom. The van der Waals surface area contributed by atoms with Crippen LogP contribution in [0.4, 0.5) is 10.2 Å². The van der Waals surface area contributed by atoms with E-state index in [-0.39, 0.29) is 11.9 Å². The molecule has 1 aliphatic heterocycles. The first-order valence-electron chi connectivity index (χ1n) is 9.71. The van der Waals surface area contributed by atoms with Gasteiger partial charge >= 0.3 is 0 Å². The topological polar surface area (TPSA) is 80.2 Å². The minimum absolute atomic E-state index is 0.130. The fourth-order valence-electron chi connectivity index (χ4n) is 3.55. The standard InChI is InChI=1S/C21H28FN5O3/c1-23-21(25-12-14-7-8-17(28-2)19(30-4)18(14)29-3)26-15-9-11-27(13-15)20-16(22)6-5-10-24-20/h5-8,10,15H,9,11-13H2,1-4H3,(H2,23,25,26). The van der Waals surface area contributed by atoms with Crippen LogP contribution in [0, 0.1) is 5.82 Å². The van der Waals surface area contributed by atoms with Gasteiger partial charge in [0.2, 0.25) is 5.75 Å². The van der Waals surface area contributed by atoms with Crippen LogP contribution in [0.25, 0.3) is 0 Å². The molecule has 2 heterocycles. The number of benzene rings is 1. The number of anilines is 1. The lowest BCUT2D eigenvalue weighted by atomic mass is 10.1. The summed E-state index contributed by atoms with van der Waals surface area (Å²) >= 11 is 0. The van der Waals surface area contributed by atoms with Crippen molar-refractivity contribution in [2.75, 3.05) is 46.4 Å². The van der Waals surface area contributed by atoms with Crippen LogP contribution >= 0.6 is 0 Å². The van der Waals surface area contributed by atoms with Crippen LogP contribution in [0.5, 0.6) is 17.2 Å². The normalized spacial score (nSPS) is 16.4. The highest BCUT2D eigenvalue weighted by Crippen LogP contribution is 2.39. The van der Waals surface area contributed by atoms with Crippen LogP contribution in [0.15, 0.2) is 35.5 Å². The number of guanidine groups is 1. The molecule has 8 nitrogen and oxygen atoms in total. The van der Waals surface area contributed by atoms with E-state index in [1.165, 1.54) is 6.07 Å². The number of ether oxygens (including phenoxy) is 3. The Morgan fingerprint density at radius 3 is 2.67 bits per heavy atom. The maximum Gasteiger partial charge on any atom is 0.203 e. The van der Waals surface area contributed by atoms with E-state index in [0.29, 0.717) is 42.1 Å². The predicted molar refractivity (Wildman–Crippen MR) is 114 cm³/mol. The maximum absolute atomic E-state index is 14.0. The van der Waals surface area contributed by atoms with E-state index in [0.717, 1.165) is 18.5 Å². The highest BCUT2D eigenvalue weighted by Gasteiger charge is 2.26. The van der Waals surface area contributed by atoms with E-state index in [4.69, 9.17) is 14.2 Å². The lowest BCUT2D eigenvalue weighted by molar-refractivity contribution is 0.322. The Balaban J connectivity index is 1.62. The van der Waals surface area contributed by atoms with Crippen molar-refractivity contribution in [2.45, 2.75) is 19.0 Å². The number of nitrogens with one attached hydrogen (secondary N) is 2.